The van der Waals surface area contributed by atoms with Gasteiger partial charge >= 0.3 is 5.97 Å². The molecule has 0 spiro atoms. The van der Waals surface area contributed by atoms with Crippen LogP contribution in [-0.2, 0) is 4.79 Å². The summed E-state index contributed by atoms with van der Waals surface area (Å²) >= 11 is 0. The van der Waals surface area contributed by atoms with Gasteiger partial charge in [-0.25, -0.2) is 4.39 Å². The standard InChI is InChI=1S/C16H14FNO3/c17-14-10-12(11-4-2-1-3-5-11)6-7-13(14)15(18-21)8-9-16(19)20/h1-7,10,15H,8-9H2,(H,19,20). The Kier molecular flexibility index (Phi) is 4.77. The maximum absolute atomic E-state index is 14.2. The molecule has 2 rings (SSSR count). The third-order valence-electron chi connectivity index (χ3n) is 3.23. The van der Waals surface area contributed by atoms with Crippen molar-refractivity contribution < 1.29 is 14.3 Å². The van der Waals surface area contributed by atoms with Gasteiger partial charge in [0.25, 0.3) is 0 Å². The van der Waals surface area contributed by atoms with Crippen LogP contribution in [0.5, 0.6) is 0 Å². The minimum Gasteiger partial charge on any atom is -0.481 e. The molecule has 0 saturated heterocycles. The summed E-state index contributed by atoms with van der Waals surface area (Å²) in [6.45, 7) is 0. The molecule has 0 aromatic heterocycles. The number of nitrogens with zero attached hydrogens (tertiary/aromatic N) is 1. The number of hydrogen-bond donors (Lipinski definition) is 1. The normalized spacial score (nSPS) is 11.9. The number of carbonyl (C=O) groups is 1. The molecule has 1 unspecified atom stereocenters. The molecular formula is C16H14FNO3. The summed E-state index contributed by atoms with van der Waals surface area (Å²) in [5.41, 5.74) is 1.69. The lowest BCUT2D eigenvalue weighted by atomic mass is 9.98. The minimum atomic E-state index is -1.04. The van der Waals surface area contributed by atoms with Gasteiger partial charge in [-0.1, -0.05) is 47.6 Å². The molecule has 4 nitrogen and oxygen atoms in total. The highest BCUT2D eigenvalue weighted by atomic mass is 19.1. The third-order valence-corrected chi connectivity index (χ3v) is 3.23. The first-order valence-corrected chi connectivity index (χ1v) is 6.51. The van der Waals surface area contributed by atoms with E-state index in [0.29, 0.717) is 5.56 Å². The lowest BCUT2D eigenvalue weighted by Gasteiger charge is -2.11. The van der Waals surface area contributed by atoms with E-state index in [2.05, 4.69) is 5.18 Å². The highest BCUT2D eigenvalue weighted by molar-refractivity contribution is 5.67. The topological polar surface area (TPSA) is 66.7 Å². The summed E-state index contributed by atoms with van der Waals surface area (Å²) in [5, 5.41) is 11.5. The molecule has 0 radical (unpaired) electrons. The minimum absolute atomic E-state index is 0.0135. The van der Waals surface area contributed by atoms with Crippen LogP contribution in [-0.4, -0.2) is 11.1 Å². The molecule has 21 heavy (non-hydrogen) atoms. The smallest absolute Gasteiger partial charge is 0.303 e. The van der Waals surface area contributed by atoms with Gasteiger partial charge in [0.05, 0.1) is 0 Å². The van der Waals surface area contributed by atoms with E-state index in [9.17, 15) is 14.1 Å². The number of aliphatic carboxylic acids is 1. The van der Waals surface area contributed by atoms with E-state index < -0.39 is 17.8 Å². The first kappa shape index (κ1) is 14.8. The van der Waals surface area contributed by atoms with Crippen molar-refractivity contribution >= 4 is 5.97 Å². The Labute approximate surface area is 121 Å². The van der Waals surface area contributed by atoms with E-state index in [1.165, 1.54) is 12.1 Å². The Balaban J connectivity index is 2.26. The molecule has 2 aromatic carbocycles. The fourth-order valence-corrected chi connectivity index (χ4v) is 2.13. The number of rotatable bonds is 6. The molecule has 1 atom stereocenters. The van der Waals surface area contributed by atoms with Crippen molar-refractivity contribution in [1.29, 1.82) is 0 Å². The number of hydrogen-bond acceptors (Lipinski definition) is 3. The second-order valence-electron chi connectivity index (χ2n) is 4.66. The van der Waals surface area contributed by atoms with Crippen molar-refractivity contribution in [1.82, 2.24) is 0 Å². The number of halogens is 1. The summed E-state index contributed by atoms with van der Waals surface area (Å²) in [6, 6.07) is 12.8. The highest BCUT2D eigenvalue weighted by Gasteiger charge is 2.18. The van der Waals surface area contributed by atoms with Crippen LogP contribution in [0.3, 0.4) is 0 Å². The molecule has 0 heterocycles. The zero-order valence-corrected chi connectivity index (χ0v) is 11.2. The van der Waals surface area contributed by atoms with Crippen LogP contribution in [0.1, 0.15) is 24.4 Å². The zero-order valence-electron chi connectivity index (χ0n) is 11.2. The van der Waals surface area contributed by atoms with Gasteiger partial charge < -0.3 is 5.11 Å². The second kappa shape index (κ2) is 6.74. The van der Waals surface area contributed by atoms with Crippen LogP contribution in [0, 0.1) is 10.7 Å². The molecule has 2 aromatic rings. The van der Waals surface area contributed by atoms with Crippen LogP contribution in [0.15, 0.2) is 53.7 Å². The van der Waals surface area contributed by atoms with Gasteiger partial charge in [-0.15, -0.1) is 0 Å². The van der Waals surface area contributed by atoms with Crippen molar-refractivity contribution in [3.8, 4) is 11.1 Å². The molecule has 0 bridgehead atoms. The van der Waals surface area contributed by atoms with Crippen LogP contribution < -0.4 is 0 Å². The predicted molar refractivity (Wildman–Crippen MR) is 77.2 cm³/mol. The van der Waals surface area contributed by atoms with Gasteiger partial charge in [0.1, 0.15) is 11.9 Å². The van der Waals surface area contributed by atoms with Crippen molar-refractivity contribution in [2.45, 2.75) is 18.9 Å². The molecule has 5 heteroatoms. The Hall–Kier alpha value is -2.56. The maximum Gasteiger partial charge on any atom is 0.303 e. The van der Waals surface area contributed by atoms with Gasteiger partial charge in [-0.2, -0.15) is 4.91 Å². The van der Waals surface area contributed by atoms with Crippen LogP contribution in [0.25, 0.3) is 11.1 Å². The maximum atomic E-state index is 14.2. The molecule has 0 fully saturated rings. The number of benzene rings is 2. The first-order valence-electron chi connectivity index (χ1n) is 6.51. The molecule has 0 aliphatic rings. The van der Waals surface area contributed by atoms with E-state index in [0.717, 1.165) is 5.56 Å². The lowest BCUT2D eigenvalue weighted by molar-refractivity contribution is -0.137. The number of carboxylic acid groups (broad SMARTS) is 1. The van der Waals surface area contributed by atoms with E-state index in [1.54, 1.807) is 6.07 Å². The average molecular weight is 287 g/mol. The van der Waals surface area contributed by atoms with E-state index in [1.807, 2.05) is 30.3 Å². The first-order chi connectivity index (χ1) is 10.1. The molecule has 108 valence electrons. The van der Waals surface area contributed by atoms with Crippen LogP contribution in [0.2, 0.25) is 0 Å². The molecule has 0 aliphatic heterocycles. The van der Waals surface area contributed by atoms with E-state index in [4.69, 9.17) is 5.11 Å². The summed E-state index contributed by atoms with van der Waals surface area (Å²) < 4.78 is 14.2. The Morgan fingerprint density at radius 3 is 2.43 bits per heavy atom. The Morgan fingerprint density at radius 1 is 1.14 bits per heavy atom. The highest BCUT2D eigenvalue weighted by Crippen LogP contribution is 2.29. The van der Waals surface area contributed by atoms with E-state index in [-0.39, 0.29) is 18.4 Å². The van der Waals surface area contributed by atoms with Crippen molar-refractivity contribution in [2.75, 3.05) is 0 Å². The van der Waals surface area contributed by atoms with Gasteiger partial charge in [0.2, 0.25) is 0 Å². The van der Waals surface area contributed by atoms with Gasteiger partial charge in [0, 0.05) is 12.0 Å². The fraction of sp³-hybridized carbons (Fsp3) is 0.188. The van der Waals surface area contributed by atoms with Crippen LogP contribution in [0.4, 0.5) is 4.39 Å². The van der Waals surface area contributed by atoms with Crippen molar-refractivity contribution in [2.24, 2.45) is 5.18 Å². The molecule has 0 aliphatic carbocycles. The van der Waals surface area contributed by atoms with E-state index >= 15 is 0 Å². The summed E-state index contributed by atoms with van der Waals surface area (Å²) in [5.74, 6) is -1.59. The quantitative estimate of drug-likeness (QED) is 0.811. The second-order valence-corrected chi connectivity index (χ2v) is 4.66. The summed E-state index contributed by atoms with van der Waals surface area (Å²) in [7, 11) is 0. The van der Waals surface area contributed by atoms with Gasteiger partial charge in [-0.05, 0) is 23.6 Å². The average Bonchev–Trinajstić information content (AvgIpc) is 2.49. The van der Waals surface area contributed by atoms with Gasteiger partial charge in [0.15, 0.2) is 0 Å². The largest absolute Gasteiger partial charge is 0.481 e. The van der Waals surface area contributed by atoms with Crippen LogP contribution >= 0.6 is 0 Å². The fourth-order valence-electron chi connectivity index (χ4n) is 2.13. The Morgan fingerprint density at radius 2 is 1.86 bits per heavy atom. The van der Waals surface area contributed by atoms with Gasteiger partial charge in [-0.3, -0.25) is 4.79 Å². The zero-order chi connectivity index (χ0) is 15.2. The molecular weight excluding hydrogens is 273 g/mol. The number of carboxylic acids is 1. The molecule has 0 amide bonds. The molecule has 1 N–H and O–H groups in total. The van der Waals surface area contributed by atoms with Crippen molar-refractivity contribution in [3.63, 3.8) is 0 Å². The monoisotopic (exact) mass is 287 g/mol. The summed E-state index contributed by atoms with van der Waals surface area (Å²) in [6.07, 6.45) is -0.239. The third kappa shape index (κ3) is 3.72. The SMILES string of the molecule is O=NC(CCC(=O)O)c1ccc(-c2ccccc2)cc1F. The molecule has 0 saturated carbocycles. The number of nitroso groups, excluding NO2 is 1. The van der Waals surface area contributed by atoms with Crippen molar-refractivity contribution in [3.05, 3.63) is 64.8 Å². The predicted octanol–water partition coefficient (Wildman–Crippen LogP) is 4.17. The lowest BCUT2D eigenvalue weighted by Crippen LogP contribution is -2.03. The summed E-state index contributed by atoms with van der Waals surface area (Å²) in [4.78, 5) is 21.4. The Bertz CT molecular complexity index is 643.